The Balaban J connectivity index is 2.35. The molecule has 2 aromatic carbocycles. The van der Waals surface area contributed by atoms with Gasteiger partial charge in [-0.05, 0) is 53.2 Å². The van der Waals surface area contributed by atoms with Crippen molar-refractivity contribution in [2.24, 2.45) is 0 Å². The monoisotopic (exact) mass is 328 g/mol. The van der Waals surface area contributed by atoms with Gasteiger partial charge in [0.2, 0.25) is 0 Å². The fourth-order valence-electron chi connectivity index (χ4n) is 1.61. The third-order valence-electron chi connectivity index (χ3n) is 2.54. The molecule has 0 saturated heterocycles. The predicted molar refractivity (Wildman–Crippen MR) is 71.2 cm³/mol. The summed E-state index contributed by atoms with van der Waals surface area (Å²) in [6, 6.07) is 8.10. The molecular weight excluding hydrogens is 318 g/mol. The first kappa shape index (κ1) is 14.0. The van der Waals surface area contributed by atoms with Crippen molar-refractivity contribution in [3.63, 3.8) is 0 Å². The molecule has 0 heterocycles. The number of aliphatic hydroxyl groups is 1. The van der Waals surface area contributed by atoms with E-state index in [4.69, 9.17) is 4.74 Å². The third kappa shape index (κ3) is 3.30. The molecule has 0 aliphatic carbocycles. The number of benzene rings is 2. The maximum Gasteiger partial charge on any atom is 0.141 e. The highest BCUT2D eigenvalue weighted by atomic mass is 79.9. The molecule has 0 aliphatic heterocycles. The van der Waals surface area contributed by atoms with Crippen LogP contribution in [0.4, 0.5) is 8.78 Å². The van der Waals surface area contributed by atoms with Gasteiger partial charge in [0.25, 0.3) is 0 Å². The Morgan fingerprint density at radius 3 is 2.53 bits per heavy atom. The van der Waals surface area contributed by atoms with Crippen LogP contribution in [-0.2, 0) is 0 Å². The Morgan fingerprint density at radius 2 is 1.89 bits per heavy atom. The van der Waals surface area contributed by atoms with E-state index in [1.54, 1.807) is 6.07 Å². The van der Waals surface area contributed by atoms with E-state index in [0.29, 0.717) is 10.0 Å². The van der Waals surface area contributed by atoms with Gasteiger partial charge in [-0.3, -0.25) is 0 Å². The summed E-state index contributed by atoms with van der Waals surface area (Å²) in [6.45, 7) is 1.50. The molecule has 0 amide bonds. The third-order valence-corrected chi connectivity index (χ3v) is 3.18. The van der Waals surface area contributed by atoms with Gasteiger partial charge in [-0.25, -0.2) is 8.78 Å². The van der Waals surface area contributed by atoms with Gasteiger partial charge in [0, 0.05) is 11.6 Å². The van der Waals surface area contributed by atoms with Crippen LogP contribution < -0.4 is 4.74 Å². The topological polar surface area (TPSA) is 29.5 Å². The fourth-order valence-corrected chi connectivity index (χ4v) is 1.85. The van der Waals surface area contributed by atoms with Crippen LogP contribution in [-0.4, -0.2) is 5.11 Å². The van der Waals surface area contributed by atoms with Gasteiger partial charge in [0.15, 0.2) is 0 Å². The lowest BCUT2D eigenvalue weighted by molar-refractivity contribution is 0.195. The quantitative estimate of drug-likeness (QED) is 0.894. The summed E-state index contributed by atoms with van der Waals surface area (Å²) in [5, 5.41) is 9.58. The molecule has 0 radical (unpaired) electrons. The molecule has 0 fully saturated rings. The zero-order chi connectivity index (χ0) is 14.0. The lowest BCUT2D eigenvalue weighted by Crippen LogP contribution is -1.97. The van der Waals surface area contributed by atoms with E-state index in [0.717, 1.165) is 0 Å². The highest BCUT2D eigenvalue weighted by Crippen LogP contribution is 2.31. The number of aliphatic hydroxyl groups excluding tert-OH is 1. The molecule has 2 rings (SSSR count). The van der Waals surface area contributed by atoms with E-state index in [1.165, 1.54) is 37.3 Å². The zero-order valence-electron chi connectivity index (χ0n) is 10.0. The number of rotatable bonds is 3. The summed E-state index contributed by atoms with van der Waals surface area (Å²) in [5.74, 6) is -0.365. The molecule has 1 atom stereocenters. The summed E-state index contributed by atoms with van der Waals surface area (Å²) in [6.07, 6.45) is -0.883. The lowest BCUT2D eigenvalue weighted by atomic mass is 10.1. The van der Waals surface area contributed by atoms with Crippen molar-refractivity contribution < 1.29 is 18.6 Å². The van der Waals surface area contributed by atoms with E-state index in [9.17, 15) is 13.9 Å². The van der Waals surface area contributed by atoms with Gasteiger partial charge >= 0.3 is 0 Å². The van der Waals surface area contributed by atoms with E-state index >= 15 is 0 Å². The van der Waals surface area contributed by atoms with E-state index in [-0.39, 0.29) is 11.5 Å². The molecule has 0 saturated carbocycles. The van der Waals surface area contributed by atoms with Gasteiger partial charge in [0.1, 0.15) is 23.1 Å². The normalized spacial score (nSPS) is 12.3. The minimum Gasteiger partial charge on any atom is -0.457 e. The van der Waals surface area contributed by atoms with Gasteiger partial charge < -0.3 is 9.84 Å². The van der Waals surface area contributed by atoms with Crippen molar-refractivity contribution in [3.8, 4) is 11.5 Å². The first-order valence-electron chi connectivity index (χ1n) is 5.58. The molecule has 19 heavy (non-hydrogen) atoms. The maximum atomic E-state index is 13.4. The van der Waals surface area contributed by atoms with Crippen LogP contribution in [0.5, 0.6) is 11.5 Å². The van der Waals surface area contributed by atoms with Crippen LogP contribution in [0.3, 0.4) is 0 Å². The molecule has 0 unspecified atom stereocenters. The molecule has 0 aromatic heterocycles. The van der Waals surface area contributed by atoms with Crippen molar-refractivity contribution in [2.75, 3.05) is 0 Å². The molecule has 5 heteroatoms. The first-order chi connectivity index (χ1) is 8.97. The number of hydrogen-bond donors (Lipinski definition) is 1. The highest BCUT2D eigenvalue weighted by molar-refractivity contribution is 9.10. The average molecular weight is 329 g/mol. The Morgan fingerprint density at radius 1 is 1.16 bits per heavy atom. The summed E-state index contributed by atoms with van der Waals surface area (Å²) in [7, 11) is 0. The molecule has 2 aromatic rings. The molecule has 0 spiro atoms. The van der Waals surface area contributed by atoms with Crippen LogP contribution in [0, 0.1) is 11.6 Å². The minimum absolute atomic E-state index is 0.272. The number of ether oxygens (including phenoxy) is 1. The lowest BCUT2D eigenvalue weighted by Gasteiger charge is -2.13. The van der Waals surface area contributed by atoms with Crippen molar-refractivity contribution in [1.82, 2.24) is 0 Å². The van der Waals surface area contributed by atoms with Crippen LogP contribution in [0.1, 0.15) is 18.6 Å². The van der Waals surface area contributed by atoms with Crippen molar-refractivity contribution >= 4 is 15.9 Å². The highest BCUT2D eigenvalue weighted by Gasteiger charge is 2.12. The van der Waals surface area contributed by atoms with Crippen LogP contribution >= 0.6 is 15.9 Å². The van der Waals surface area contributed by atoms with Crippen molar-refractivity contribution in [1.29, 1.82) is 0 Å². The summed E-state index contributed by atoms with van der Waals surface area (Å²) in [4.78, 5) is 0. The smallest absolute Gasteiger partial charge is 0.141 e. The van der Waals surface area contributed by atoms with E-state index in [1.807, 2.05) is 0 Å². The van der Waals surface area contributed by atoms with Crippen molar-refractivity contribution in [3.05, 3.63) is 58.1 Å². The molecule has 1 N–H and O–H groups in total. The second-order valence-electron chi connectivity index (χ2n) is 4.04. The summed E-state index contributed by atoms with van der Waals surface area (Å²) >= 11 is 3.04. The second kappa shape index (κ2) is 5.67. The number of halogens is 3. The largest absolute Gasteiger partial charge is 0.457 e. The number of hydrogen-bond acceptors (Lipinski definition) is 2. The molecular formula is C14H11BrF2O2. The second-order valence-corrected chi connectivity index (χ2v) is 4.89. The van der Waals surface area contributed by atoms with E-state index < -0.39 is 17.7 Å². The van der Waals surface area contributed by atoms with Crippen molar-refractivity contribution in [2.45, 2.75) is 13.0 Å². The Labute approximate surface area is 117 Å². The zero-order valence-corrected chi connectivity index (χ0v) is 11.6. The predicted octanol–water partition coefficient (Wildman–Crippen LogP) is 4.57. The molecule has 0 bridgehead atoms. The van der Waals surface area contributed by atoms with Gasteiger partial charge in [-0.15, -0.1) is 0 Å². The van der Waals surface area contributed by atoms with Crippen LogP contribution in [0.15, 0.2) is 40.9 Å². The fraction of sp³-hybridized carbons (Fsp3) is 0.143. The standard InChI is InChI=1S/C14H11BrF2O2/c1-8(18)11-6-9(16)2-5-14(11)19-10-3-4-12(15)13(17)7-10/h2-8,18H,1H3/t8-/m1/s1. The Hall–Kier alpha value is -1.46. The molecule has 2 nitrogen and oxygen atoms in total. The summed E-state index contributed by atoms with van der Waals surface area (Å²) in [5.41, 5.74) is 0.309. The maximum absolute atomic E-state index is 13.4. The van der Waals surface area contributed by atoms with Crippen LogP contribution in [0.2, 0.25) is 0 Å². The molecule has 100 valence electrons. The van der Waals surface area contributed by atoms with E-state index in [2.05, 4.69) is 15.9 Å². The Bertz CT molecular complexity index is 600. The minimum atomic E-state index is -0.883. The SMILES string of the molecule is C[C@@H](O)c1cc(F)ccc1Oc1ccc(Br)c(F)c1. The van der Waals surface area contributed by atoms with Crippen LogP contribution in [0.25, 0.3) is 0 Å². The molecule has 0 aliphatic rings. The average Bonchev–Trinajstić information content (AvgIpc) is 2.36. The van der Waals surface area contributed by atoms with Gasteiger partial charge in [-0.2, -0.15) is 0 Å². The first-order valence-corrected chi connectivity index (χ1v) is 6.37. The summed E-state index contributed by atoms with van der Waals surface area (Å²) < 4.78 is 32.3. The van der Waals surface area contributed by atoms with Gasteiger partial charge in [-0.1, -0.05) is 0 Å². The van der Waals surface area contributed by atoms with Gasteiger partial charge in [0.05, 0.1) is 10.6 Å². The Kier molecular flexibility index (Phi) is 4.17.